The van der Waals surface area contributed by atoms with Crippen molar-refractivity contribution < 1.29 is 95.6 Å². The molecule has 2 saturated carbocycles. The maximum absolute atomic E-state index is 13.8. The molecule has 0 amide bonds. The number of carbonyl (C=O) groups is 9. The van der Waals surface area contributed by atoms with Crippen molar-refractivity contribution in [2.75, 3.05) is 39.6 Å². The number of aliphatic hydroxyl groups is 1. The van der Waals surface area contributed by atoms with Crippen LogP contribution in [0, 0.1) is 53.3 Å². The van der Waals surface area contributed by atoms with Crippen LogP contribution in [0.15, 0.2) is 99.5 Å². The summed E-state index contributed by atoms with van der Waals surface area (Å²) in [4.78, 5) is 114. The Morgan fingerprint density at radius 3 is 1.36 bits per heavy atom. The number of hydrogen-bond donors (Lipinski definition) is 1. The van der Waals surface area contributed by atoms with Gasteiger partial charge in [-0.25, -0.2) is 4.79 Å². The Hall–Kier alpha value is -8.29. The monoisotopic (exact) mass is 1210 g/mol. The molecule has 85 heavy (non-hydrogen) atoms. The predicted molar refractivity (Wildman–Crippen MR) is 300 cm³/mol. The zero-order valence-electron chi connectivity index (χ0n) is 46.7. The summed E-state index contributed by atoms with van der Waals surface area (Å²) >= 11 is 2.12. The number of aliphatic hydroxyl groups excluding tert-OH is 1. The molecular formula is C61H64N2O20S2. The Morgan fingerprint density at radius 2 is 0.941 bits per heavy atom. The van der Waals surface area contributed by atoms with Gasteiger partial charge >= 0.3 is 53.7 Å². The van der Waals surface area contributed by atoms with Gasteiger partial charge in [-0.3, -0.25) is 38.4 Å². The zero-order valence-corrected chi connectivity index (χ0v) is 48.3. The fourth-order valence-electron chi connectivity index (χ4n) is 8.90. The van der Waals surface area contributed by atoms with Crippen molar-refractivity contribution in [2.24, 2.45) is 23.7 Å². The van der Waals surface area contributed by atoms with E-state index in [9.17, 15) is 58.8 Å². The topological polar surface area (TPSA) is 314 Å². The lowest BCUT2D eigenvalue weighted by molar-refractivity contribution is -0.152. The van der Waals surface area contributed by atoms with Crippen molar-refractivity contribution in [3.05, 3.63) is 106 Å². The van der Waals surface area contributed by atoms with Crippen LogP contribution >= 0.6 is 23.5 Å². The number of nitriles is 2. The van der Waals surface area contributed by atoms with Crippen LogP contribution in [-0.4, -0.2) is 105 Å². The van der Waals surface area contributed by atoms with E-state index >= 15 is 0 Å². The maximum atomic E-state index is 13.8. The number of ether oxygens (including phenoxy) is 10. The van der Waals surface area contributed by atoms with Gasteiger partial charge in [-0.05, 0) is 111 Å². The molecule has 0 saturated heterocycles. The summed E-state index contributed by atoms with van der Waals surface area (Å²) in [6.07, 6.45) is 3.81. The fraction of sp³-hybridized carbons (Fsp3) is 0.426. The average molecular weight is 1210 g/mol. The summed E-state index contributed by atoms with van der Waals surface area (Å²) in [5.41, 5.74) is 1.91. The molecule has 3 aromatic carbocycles. The second-order valence-corrected chi connectivity index (χ2v) is 21.9. The Morgan fingerprint density at radius 1 is 0.553 bits per heavy atom. The van der Waals surface area contributed by atoms with Crippen molar-refractivity contribution in [3.8, 4) is 35.1 Å². The normalized spacial score (nSPS) is 17.2. The van der Waals surface area contributed by atoms with Crippen LogP contribution in [0.5, 0.6) is 23.0 Å². The first kappa shape index (κ1) is 65.9. The highest BCUT2D eigenvalue weighted by atomic mass is 32.2. The van der Waals surface area contributed by atoms with Crippen LogP contribution in [0.2, 0.25) is 0 Å². The molecule has 3 aromatic rings. The summed E-state index contributed by atoms with van der Waals surface area (Å²) in [6, 6.07) is 18.8. The number of thioether (sulfide) groups is 2. The minimum atomic E-state index is -1.16. The molecule has 2 fully saturated rings. The molecular weight excluding hydrogens is 1140 g/mol. The Labute approximate surface area is 499 Å². The summed E-state index contributed by atoms with van der Waals surface area (Å²) < 4.78 is 53.6. The summed E-state index contributed by atoms with van der Waals surface area (Å²) in [7, 11) is 0. The lowest BCUT2D eigenvalue weighted by Crippen LogP contribution is -2.31. The average Bonchev–Trinajstić information content (AvgIpc) is 2.96. The molecule has 1 aliphatic heterocycles. The molecule has 0 radical (unpaired) electrons. The van der Waals surface area contributed by atoms with Crippen LogP contribution in [0.1, 0.15) is 93.7 Å². The number of carbonyl (C=O) groups excluding carboxylic acids is 9. The van der Waals surface area contributed by atoms with Gasteiger partial charge in [0.25, 0.3) is 0 Å². The molecule has 0 bridgehead atoms. The van der Waals surface area contributed by atoms with Gasteiger partial charge in [0.05, 0.1) is 83.2 Å². The third-order valence-electron chi connectivity index (χ3n) is 13.6. The molecule has 24 heteroatoms. The van der Waals surface area contributed by atoms with Crippen molar-refractivity contribution in [2.45, 2.75) is 113 Å². The lowest BCUT2D eigenvalue weighted by Gasteiger charge is -2.27. The van der Waals surface area contributed by atoms with E-state index in [1.807, 2.05) is 12.1 Å². The van der Waals surface area contributed by atoms with Gasteiger partial charge in [0.15, 0.2) is 6.29 Å². The third kappa shape index (κ3) is 21.1. The quantitative estimate of drug-likeness (QED) is 0.0100. The lowest BCUT2D eigenvalue weighted by atomic mass is 9.82. The highest BCUT2D eigenvalue weighted by Crippen LogP contribution is 2.60. The number of rotatable bonds is 29. The van der Waals surface area contributed by atoms with Gasteiger partial charge < -0.3 is 52.5 Å². The molecule has 3 aliphatic rings. The number of aryl methyl sites for hydroxylation is 1. The number of allylic oxidation sites excluding steroid dienone is 1. The van der Waals surface area contributed by atoms with E-state index in [1.54, 1.807) is 61.5 Å². The van der Waals surface area contributed by atoms with Gasteiger partial charge in [0.2, 0.25) is 0 Å². The molecule has 450 valence electrons. The molecule has 1 atom stereocenters. The second-order valence-electron chi connectivity index (χ2n) is 19.6. The molecule has 0 spiro atoms. The van der Waals surface area contributed by atoms with Crippen molar-refractivity contribution in [3.63, 3.8) is 0 Å². The molecule has 2 aliphatic carbocycles. The molecule has 1 unspecified atom stereocenters. The third-order valence-corrected chi connectivity index (χ3v) is 16.2. The van der Waals surface area contributed by atoms with E-state index in [1.165, 1.54) is 6.08 Å². The van der Waals surface area contributed by atoms with E-state index < -0.39 is 83.7 Å². The van der Waals surface area contributed by atoms with E-state index in [-0.39, 0.29) is 82.4 Å². The first-order chi connectivity index (χ1) is 41.0. The predicted octanol–water partition coefficient (Wildman–Crippen LogP) is 8.15. The number of nitrogens with zero attached hydrogens (tertiary/aromatic N) is 2. The van der Waals surface area contributed by atoms with Crippen LogP contribution < -0.4 is 18.9 Å². The van der Waals surface area contributed by atoms with Gasteiger partial charge in [0.1, 0.15) is 60.5 Å². The summed E-state index contributed by atoms with van der Waals surface area (Å²) in [5, 5.41) is 28.7. The van der Waals surface area contributed by atoms with Gasteiger partial charge in [-0.2, -0.15) is 10.5 Å². The highest BCUT2D eigenvalue weighted by molar-refractivity contribution is 8.24. The molecule has 1 N–H and O–H groups in total. The largest absolute Gasteiger partial charge is 0.465 e. The van der Waals surface area contributed by atoms with Crippen LogP contribution in [-0.2, 0) is 84.4 Å². The number of hydrogen-bond acceptors (Lipinski definition) is 24. The maximum Gasteiger partial charge on any atom is 0.330 e. The summed E-state index contributed by atoms with van der Waals surface area (Å²) in [5.74, 6) is -6.06. The highest BCUT2D eigenvalue weighted by Gasteiger charge is 2.37. The van der Waals surface area contributed by atoms with E-state index in [4.69, 9.17) is 47.4 Å². The smallest absolute Gasteiger partial charge is 0.330 e. The number of fused-ring (bicyclic) bond motifs is 1. The van der Waals surface area contributed by atoms with Crippen LogP contribution in [0.4, 0.5) is 0 Å². The van der Waals surface area contributed by atoms with Crippen LogP contribution in [0.3, 0.4) is 0 Å². The van der Waals surface area contributed by atoms with E-state index in [0.29, 0.717) is 95.3 Å². The molecule has 22 nitrogen and oxygen atoms in total. The number of benzene rings is 3. The Balaban J connectivity index is 0.916. The zero-order chi connectivity index (χ0) is 61.3. The molecule has 1 heterocycles. The van der Waals surface area contributed by atoms with Gasteiger partial charge in [0, 0.05) is 18.9 Å². The molecule has 0 aromatic heterocycles. The van der Waals surface area contributed by atoms with Crippen molar-refractivity contribution in [1.29, 1.82) is 10.5 Å². The second kappa shape index (κ2) is 33.9. The SMILES string of the molecule is C=CC(=O)OCCOC(=O)CCC(=O)OCCc1ccc(OC(=O)C2CCC(C(=O)Oc3c(C)cc(OC(=O)C4CCC(C(=O)Oc5ccc(CCOC(=O)CCC(=O)OCCOC(O)C=C)cc5)CC4)c4c3SC(=C(C#N)C#N)S4)CC2)cc1. The van der Waals surface area contributed by atoms with E-state index in [2.05, 4.69) is 13.2 Å². The van der Waals surface area contributed by atoms with Crippen molar-refractivity contribution in [1.82, 2.24) is 0 Å². The molecule has 6 rings (SSSR count). The first-order valence-corrected chi connectivity index (χ1v) is 29.1. The van der Waals surface area contributed by atoms with Crippen molar-refractivity contribution >= 4 is 77.2 Å². The van der Waals surface area contributed by atoms with Gasteiger partial charge in [-0.1, -0.05) is 60.9 Å². The van der Waals surface area contributed by atoms with Gasteiger partial charge in [-0.15, -0.1) is 0 Å². The van der Waals surface area contributed by atoms with Crippen LogP contribution in [0.25, 0.3) is 0 Å². The van der Waals surface area contributed by atoms with E-state index in [0.717, 1.165) is 40.7 Å². The minimum absolute atomic E-state index is 0.0327. The number of esters is 9. The first-order valence-electron chi connectivity index (χ1n) is 27.4. The standard InChI is InChI=1S/C61H64N2O20S2/c1-4-48(64)76-30-32-78-52(68)24-22-50(66)74-28-26-38-6-18-45(19-7-38)80-57(70)40-10-14-42(15-11-40)59(72)82-47-34-37(3)54(56-55(47)84-61(85-56)44(35-62)36-63)83-60(73)43-16-12-41(13-17-43)58(71)81-46-20-8-39(9-21-46)27-29-75-51(67)23-25-53(69)79-33-31-77-49(65)5-2/h4-9,18-21,34,40-43,48,64H,1-2,10-17,22-33H2,3H3. The Bertz CT molecular complexity index is 3040. The summed E-state index contributed by atoms with van der Waals surface area (Å²) in [6.45, 7) is 8.02. The fourth-order valence-corrected chi connectivity index (χ4v) is 11.5. The Kier molecular flexibility index (Phi) is 26.2. The minimum Gasteiger partial charge on any atom is -0.465 e.